The number of thioether (sulfide) groups is 2. The van der Waals surface area contributed by atoms with Gasteiger partial charge in [0, 0.05) is 10.7 Å². The van der Waals surface area contributed by atoms with Crippen molar-refractivity contribution in [1.82, 2.24) is 10.2 Å². The second kappa shape index (κ2) is 9.31. The molecule has 9 heteroatoms. The van der Waals surface area contributed by atoms with Gasteiger partial charge in [0.2, 0.25) is 11.8 Å². The quantitative estimate of drug-likeness (QED) is 0.670. The largest absolute Gasteiger partial charge is 0.414 e. The van der Waals surface area contributed by atoms with Gasteiger partial charge in [-0.05, 0) is 43.0 Å². The van der Waals surface area contributed by atoms with Crippen molar-refractivity contribution in [3.8, 4) is 0 Å². The summed E-state index contributed by atoms with van der Waals surface area (Å²) in [5.41, 5.74) is 7.50. The van der Waals surface area contributed by atoms with E-state index >= 15 is 0 Å². The van der Waals surface area contributed by atoms with Crippen LogP contribution in [0.1, 0.15) is 23.9 Å². The second-order valence-electron chi connectivity index (χ2n) is 5.04. The third-order valence-electron chi connectivity index (χ3n) is 3.24. The smallest absolute Gasteiger partial charge is 0.277 e. The first-order chi connectivity index (χ1) is 11.5. The zero-order chi connectivity index (χ0) is 17.5. The van der Waals surface area contributed by atoms with Gasteiger partial charge in [-0.3, -0.25) is 4.79 Å². The molecular formula is C15H19ClN4O2S2. The average molecular weight is 387 g/mol. The molecule has 130 valence electrons. The minimum Gasteiger partial charge on any atom is -0.414 e. The maximum atomic E-state index is 12.0. The number of hydrogen-bond donors (Lipinski definition) is 2. The molecule has 2 rings (SSSR count). The summed E-state index contributed by atoms with van der Waals surface area (Å²) in [4.78, 5) is 12.0. The van der Waals surface area contributed by atoms with Gasteiger partial charge >= 0.3 is 0 Å². The molecule has 3 N–H and O–H groups in total. The molecule has 0 aliphatic rings. The van der Waals surface area contributed by atoms with E-state index in [4.69, 9.17) is 21.8 Å². The Balaban J connectivity index is 1.86. The van der Waals surface area contributed by atoms with Crippen molar-refractivity contribution in [2.75, 3.05) is 23.1 Å². The zero-order valence-electron chi connectivity index (χ0n) is 13.4. The van der Waals surface area contributed by atoms with E-state index in [1.165, 1.54) is 11.8 Å². The predicted octanol–water partition coefficient (Wildman–Crippen LogP) is 3.52. The topological polar surface area (TPSA) is 94.0 Å². The van der Waals surface area contributed by atoms with Gasteiger partial charge in [0.05, 0.1) is 11.8 Å². The highest BCUT2D eigenvalue weighted by molar-refractivity contribution is 7.99. The number of nitrogens with one attached hydrogen (secondary N) is 1. The fraction of sp³-hybridized carbons (Fsp3) is 0.400. The molecule has 1 unspecified atom stereocenters. The number of benzene rings is 1. The van der Waals surface area contributed by atoms with Crippen molar-refractivity contribution >= 4 is 46.7 Å². The molecule has 2 aromatic rings. The Morgan fingerprint density at radius 3 is 3.00 bits per heavy atom. The van der Waals surface area contributed by atoms with E-state index in [2.05, 4.69) is 15.5 Å². The van der Waals surface area contributed by atoms with Gasteiger partial charge in [0.1, 0.15) is 0 Å². The molecule has 1 heterocycles. The van der Waals surface area contributed by atoms with Crippen molar-refractivity contribution in [1.29, 1.82) is 0 Å². The van der Waals surface area contributed by atoms with Crippen LogP contribution in [0.5, 0.6) is 0 Å². The zero-order valence-corrected chi connectivity index (χ0v) is 15.8. The molecule has 1 aromatic heterocycles. The van der Waals surface area contributed by atoms with Crippen LogP contribution in [-0.4, -0.2) is 33.9 Å². The van der Waals surface area contributed by atoms with E-state index in [0.717, 1.165) is 17.7 Å². The number of anilines is 1. The standard InChI is InChI=1S/C15H19ClN4O2S2/c1-9-10(16)4-3-5-12(9)18-13(21)8-24-15-20-19-14(22-15)11(17)6-7-23-2/h3-5,11H,6-8,17H2,1-2H3,(H,18,21). The lowest BCUT2D eigenvalue weighted by Gasteiger charge is -2.08. The number of amides is 1. The first-order valence-electron chi connectivity index (χ1n) is 7.27. The van der Waals surface area contributed by atoms with Crippen LogP contribution in [0.2, 0.25) is 5.02 Å². The highest BCUT2D eigenvalue weighted by Crippen LogP contribution is 2.24. The van der Waals surface area contributed by atoms with Gasteiger partial charge in [-0.2, -0.15) is 11.8 Å². The van der Waals surface area contributed by atoms with E-state index in [1.807, 2.05) is 13.2 Å². The number of aromatic nitrogens is 2. The van der Waals surface area contributed by atoms with Crippen molar-refractivity contribution in [3.05, 3.63) is 34.7 Å². The summed E-state index contributed by atoms with van der Waals surface area (Å²) in [6.07, 6.45) is 2.78. The minimum absolute atomic E-state index is 0.160. The third-order valence-corrected chi connectivity index (χ3v) is 5.11. The van der Waals surface area contributed by atoms with Crippen LogP contribution in [0, 0.1) is 6.92 Å². The van der Waals surface area contributed by atoms with E-state index in [1.54, 1.807) is 30.0 Å². The third kappa shape index (κ3) is 5.41. The first kappa shape index (κ1) is 19.1. The van der Waals surface area contributed by atoms with E-state index in [-0.39, 0.29) is 17.7 Å². The average Bonchev–Trinajstić information content (AvgIpc) is 3.04. The van der Waals surface area contributed by atoms with Crippen LogP contribution >= 0.6 is 35.1 Å². The van der Waals surface area contributed by atoms with Crippen molar-refractivity contribution < 1.29 is 9.21 Å². The molecule has 1 amide bonds. The molecule has 0 aliphatic carbocycles. The summed E-state index contributed by atoms with van der Waals surface area (Å²) in [5, 5.41) is 11.6. The van der Waals surface area contributed by atoms with E-state index < -0.39 is 0 Å². The number of hydrogen-bond acceptors (Lipinski definition) is 7. The van der Waals surface area contributed by atoms with Gasteiger partial charge in [-0.25, -0.2) is 0 Å². The number of carbonyl (C=O) groups excluding carboxylic acids is 1. The van der Waals surface area contributed by atoms with Gasteiger partial charge in [-0.15, -0.1) is 10.2 Å². The molecule has 6 nitrogen and oxygen atoms in total. The SMILES string of the molecule is CSCCC(N)c1nnc(SCC(=O)Nc2cccc(Cl)c2C)o1. The summed E-state index contributed by atoms with van der Waals surface area (Å²) >= 11 is 8.92. The van der Waals surface area contributed by atoms with Crippen molar-refractivity contribution in [2.24, 2.45) is 5.73 Å². The number of nitrogens with zero attached hydrogens (tertiary/aromatic N) is 2. The Kier molecular flexibility index (Phi) is 7.41. The maximum Gasteiger partial charge on any atom is 0.277 e. The number of rotatable bonds is 8. The highest BCUT2D eigenvalue weighted by atomic mass is 35.5. The Labute approximate surface area is 154 Å². The Hall–Kier alpha value is -1.22. The van der Waals surface area contributed by atoms with Crippen molar-refractivity contribution in [3.63, 3.8) is 0 Å². The van der Waals surface area contributed by atoms with Gasteiger partial charge in [0.15, 0.2) is 0 Å². The fourth-order valence-electron chi connectivity index (χ4n) is 1.85. The van der Waals surface area contributed by atoms with Crippen LogP contribution in [0.15, 0.2) is 27.8 Å². The van der Waals surface area contributed by atoms with Crippen LogP contribution < -0.4 is 11.1 Å². The molecule has 0 bridgehead atoms. The number of halogens is 1. The molecule has 0 aliphatic heterocycles. The van der Waals surface area contributed by atoms with Crippen LogP contribution in [0.25, 0.3) is 0 Å². The van der Waals surface area contributed by atoms with E-state index in [9.17, 15) is 4.79 Å². The maximum absolute atomic E-state index is 12.0. The predicted molar refractivity (Wildman–Crippen MR) is 99.8 cm³/mol. The van der Waals surface area contributed by atoms with Gasteiger partial charge in [0.25, 0.3) is 5.22 Å². The van der Waals surface area contributed by atoms with Crippen LogP contribution in [-0.2, 0) is 4.79 Å². The lowest BCUT2D eigenvalue weighted by Crippen LogP contribution is -2.14. The minimum atomic E-state index is -0.276. The molecule has 24 heavy (non-hydrogen) atoms. The summed E-state index contributed by atoms with van der Waals surface area (Å²) in [6.45, 7) is 1.85. The molecule has 0 saturated carbocycles. The highest BCUT2D eigenvalue weighted by Gasteiger charge is 2.15. The second-order valence-corrected chi connectivity index (χ2v) is 7.36. The fourth-order valence-corrected chi connectivity index (χ4v) is 3.09. The first-order valence-corrected chi connectivity index (χ1v) is 10.0. The molecule has 0 radical (unpaired) electrons. The number of nitrogens with two attached hydrogens (primary N) is 1. The van der Waals surface area contributed by atoms with Crippen LogP contribution in [0.3, 0.4) is 0 Å². The normalized spacial score (nSPS) is 12.2. The molecule has 1 aromatic carbocycles. The Morgan fingerprint density at radius 2 is 2.25 bits per heavy atom. The molecular weight excluding hydrogens is 368 g/mol. The van der Waals surface area contributed by atoms with Gasteiger partial charge in [-0.1, -0.05) is 29.4 Å². The Bertz CT molecular complexity index is 696. The lowest BCUT2D eigenvalue weighted by molar-refractivity contribution is -0.113. The van der Waals surface area contributed by atoms with Crippen LogP contribution in [0.4, 0.5) is 5.69 Å². The Morgan fingerprint density at radius 1 is 1.46 bits per heavy atom. The number of carbonyl (C=O) groups is 1. The summed E-state index contributed by atoms with van der Waals surface area (Å²) < 4.78 is 5.49. The summed E-state index contributed by atoms with van der Waals surface area (Å²) in [7, 11) is 0. The molecule has 0 fully saturated rings. The molecule has 0 spiro atoms. The van der Waals surface area contributed by atoms with E-state index in [0.29, 0.717) is 21.8 Å². The summed E-state index contributed by atoms with van der Waals surface area (Å²) in [6, 6.07) is 5.10. The summed E-state index contributed by atoms with van der Waals surface area (Å²) in [5.74, 6) is 1.32. The van der Waals surface area contributed by atoms with Gasteiger partial charge < -0.3 is 15.5 Å². The monoisotopic (exact) mass is 386 g/mol. The van der Waals surface area contributed by atoms with Crippen molar-refractivity contribution in [2.45, 2.75) is 24.6 Å². The lowest BCUT2D eigenvalue weighted by atomic mass is 10.2. The molecule has 1 atom stereocenters. The molecule has 0 saturated heterocycles.